The van der Waals surface area contributed by atoms with Crippen LogP contribution in [0.2, 0.25) is 5.02 Å². The number of nitrogens with one attached hydrogen (secondary N) is 2. The predicted octanol–water partition coefficient (Wildman–Crippen LogP) is 4.05. The van der Waals surface area contributed by atoms with E-state index in [0.717, 1.165) is 5.56 Å². The highest BCUT2D eigenvalue weighted by atomic mass is 35.5. The molecule has 2 aromatic rings. The zero-order chi connectivity index (χ0) is 19.6. The Bertz CT molecular complexity index is 828. The van der Waals surface area contributed by atoms with Crippen molar-refractivity contribution in [3.63, 3.8) is 0 Å². The van der Waals surface area contributed by atoms with E-state index in [1.54, 1.807) is 36.6 Å². The van der Waals surface area contributed by atoms with Crippen molar-refractivity contribution >= 4 is 35.1 Å². The minimum absolute atomic E-state index is 0.231. The molecule has 0 aliphatic rings. The second-order valence-corrected chi connectivity index (χ2v) is 6.13. The lowest BCUT2D eigenvalue weighted by Gasteiger charge is -2.13. The molecule has 27 heavy (non-hydrogen) atoms. The minimum atomic E-state index is -0.300. The van der Waals surface area contributed by atoms with Crippen molar-refractivity contribution in [2.75, 3.05) is 13.7 Å². The lowest BCUT2D eigenvalue weighted by atomic mass is 10.2. The quantitative estimate of drug-likeness (QED) is 0.299. The number of methoxy groups -OCH3 is 1. The summed E-state index contributed by atoms with van der Waals surface area (Å²) in [7, 11) is 1.52. The highest BCUT2D eigenvalue weighted by Crippen LogP contribution is 2.36. The van der Waals surface area contributed by atoms with Crippen LogP contribution in [0.25, 0.3) is 0 Å². The molecular formula is C19H19ClFN3O2S. The van der Waals surface area contributed by atoms with Gasteiger partial charge in [0, 0.05) is 6.54 Å². The Hall–Kier alpha value is -2.64. The van der Waals surface area contributed by atoms with E-state index in [4.69, 9.17) is 33.3 Å². The van der Waals surface area contributed by atoms with Gasteiger partial charge in [-0.1, -0.05) is 29.8 Å². The summed E-state index contributed by atoms with van der Waals surface area (Å²) in [6.45, 7) is 4.36. The van der Waals surface area contributed by atoms with Crippen LogP contribution in [-0.2, 0) is 6.61 Å². The summed E-state index contributed by atoms with van der Waals surface area (Å²) in [6, 6.07) is 9.46. The lowest BCUT2D eigenvalue weighted by molar-refractivity contribution is 0.284. The van der Waals surface area contributed by atoms with Gasteiger partial charge in [-0.2, -0.15) is 5.10 Å². The third kappa shape index (κ3) is 6.54. The SMILES string of the molecule is C=CCNC(=S)N/N=C\c1cc(Cl)c(OCc2ccc(F)cc2)c(OC)c1. The van der Waals surface area contributed by atoms with E-state index in [1.807, 2.05) is 0 Å². The highest BCUT2D eigenvalue weighted by Gasteiger charge is 2.12. The van der Waals surface area contributed by atoms with Gasteiger partial charge in [-0.15, -0.1) is 6.58 Å². The molecule has 0 fully saturated rings. The smallest absolute Gasteiger partial charge is 0.187 e. The number of ether oxygens (including phenoxy) is 2. The first-order chi connectivity index (χ1) is 13.0. The molecule has 0 aromatic heterocycles. The molecule has 0 aliphatic heterocycles. The van der Waals surface area contributed by atoms with Crippen molar-refractivity contribution in [1.29, 1.82) is 0 Å². The summed E-state index contributed by atoms with van der Waals surface area (Å²) >= 11 is 11.4. The van der Waals surface area contributed by atoms with Crippen LogP contribution in [0, 0.1) is 5.82 Å². The van der Waals surface area contributed by atoms with E-state index in [0.29, 0.717) is 33.7 Å². The topological polar surface area (TPSA) is 54.9 Å². The number of halogens is 2. The second kappa shape index (κ2) is 10.5. The fraction of sp³-hybridized carbons (Fsp3) is 0.158. The van der Waals surface area contributed by atoms with E-state index in [2.05, 4.69) is 22.4 Å². The number of nitrogens with zero attached hydrogens (tertiary/aromatic N) is 1. The average molecular weight is 408 g/mol. The van der Waals surface area contributed by atoms with Crippen LogP contribution in [0.5, 0.6) is 11.5 Å². The molecule has 0 bridgehead atoms. The largest absolute Gasteiger partial charge is 0.493 e. The first-order valence-electron chi connectivity index (χ1n) is 7.96. The van der Waals surface area contributed by atoms with Crippen LogP contribution in [0.15, 0.2) is 54.2 Å². The number of thiocarbonyl (C=S) groups is 1. The van der Waals surface area contributed by atoms with Crippen molar-refractivity contribution < 1.29 is 13.9 Å². The third-order valence-electron chi connectivity index (χ3n) is 3.33. The molecule has 8 heteroatoms. The van der Waals surface area contributed by atoms with E-state index < -0.39 is 0 Å². The molecule has 0 saturated heterocycles. The van der Waals surface area contributed by atoms with E-state index in [-0.39, 0.29) is 12.4 Å². The number of hydrazone groups is 1. The van der Waals surface area contributed by atoms with Crippen LogP contribution in [-0.4, -0.2) is 25.0 Å². The molecule has 0 heterocycles. The molecular weight excluding hydrogens is 389 g/mol. The van der Waals surface area contributed by atoms with Gasteiger partial charge in [-0.05, 0) is 47.6 Å². The fourth-order valence-electron chi connectivity index (χ4n) is 2.06. The van der Waals surface area contributed by atoms with Crippen molar-refractivity contribution in [3.05, 3.63) is 71.0 Å². The maximum absolute atomic E-state index is 13.0. The summed E-state index contributed by atoms with van der Waals surface area (Å²) in [6.07, 6.45) is 3.24. The van der Waals surface area contributed by atoms with Gasteiger partial charge in [-0.25, -0.2) is 4.39 Å². The Labute approximate surface area is 167 Å². The molecule has 0 unspecified atom stereocenters. The first-order valence-corrected chi connectivity index (χ1v) is 8.74. The van der Waals surface area contributed by atoms with Crippen LogP contribution in [0.4, 0.5) is 4.39 Å². The summed E-state index contributed by atoms with van der Waals surface area (Å²) in [5.74, 6) is 0.556. The molecule has 0 radical (unpaired) electrons. The molecule has 2 rings (SSSR count). The number of rotatable bonds is 8. The number of hydrogen-bond acceptors (Lipinski definition) is 4. The average Bonchev–Trinajstić information content (AvgIpc) is 2.66. The molecule has 0 spiro atoms. The maximum atomic E-state index is 13.0. The second-order valence-electron chi connectivity index (χ2n) is 5.32. The third-order valence-corrected chi connectivity index (χ3v) is 3.85. The first kappa shape index (κ1) is 20.7. The van der Waals surface area contributed by atoms with E-state index in [1.165, 1.54) is 19.2 Å². The minimum Gasteiger partial charge on any atom is -0.493 e. The monoisotopic (exact) mass is 407 g/mol. The van der Waals surface area contributed by atoms with Crippen molar-refractivity contribution in [3.8, 4) is 11.5 Å². The normalized spacial score (nSPS) is 10.5. The Morgan fingerprint density at radius 2 is 2.07 bits per heavy atom. The van der Waals surface area contributed by atoms with Crippen LogP contribution in [0.3, 0.4) is 0 Å². The zero-order valence-electron chi connectivity index (χ0n) is 14.7. The van der Waals surface area contributed by atoms with Crippen LogP contribution in [0.1, 0.15) is 11.1 Å². The number of benzene rings is 2. The summed E-state index contributed by atoms with van der Waals surface area (Å²) in [5, 5.41) is 7.67. The van der Waals surface area contributed by atoms with Gasteiger partial charge in [-0.3, -0.25) is 5.43 Å². The lowest BCUT2D eigenvalue weighted by Crippen LogP contribution is -2.31. The molecule has 0 atom stereocenters. The van der Waals surface area contributed by atoms with Crippen molar-refractivity contribution in [1.82, 2.24) is 10.7 Å². The van der Waals surface area contributed by atoms with Gasteiger partial charge in [0.2, 0.25) is 0 Å². The molecule has 0 amide bonds. The standard InChI is InChI=1S/C19H19ClFN3O2S/c1-3-8-22-19(27)24-23-11-14-9-16(20)18(17(10-14)25-2)26-12-13-4-6-15(21)7-5-13/h3-7,9-11H,1,8,12H2,2H3,(H2,22,24,27)/b23-11-. The maximum Gasteiger partial charge on any atom is 0.187 e. The Balaban J connectivity index is 2.06. The van der Waals surface area contributed by atoms with Gasteiger partial charge in [0.05, 0.1) is 18.3 Å². The Morgan fingerprint density at radius 1 is 1.33 bits per heavy atom. The van der Waals surface area contributed by atoms with Crippen LogP contribution >= 0.6 is 23.8 Å². The number of hydrogen-bond donors (Lipinski definition) is 2. The zero-order valence-corrected chi connectivity index (χ0v) is 16.2. The Kier molecular flexibility index (Phi) is 8.03. The molecule has 5 nitrogen and oxygen atoms in total. The fourth-order valence-corrected chi connectivity index (χ4v) is 2.47. The summed E-state index contributed by atoms with van der Waals surface area (Å²) in [5.41, 5.74) is 4.19. The molecule has 0 aliphatic carbocycles. The molecule has 0 saturated carbocycles. The van der Waals surface area contributed by atoms with E-state index in [9.17, 15) is 4.39 Å². The summed E-state index contributed by atoms with van der Waals surface area (Å²) < 4.78 is 24.1. The van der Waals surface area contributed by atoms with Gasteiger partial charge in [0.15, 0.2) is 16.6 Å². The van der Waals surface area contributed by atoms with Crippen LogP contribution < -0.4 is 20.2 Å². The molecule has 2 N–H and O–H groups in total. The Morgan fingerprint density at radius 3 is 2.74 bits per heavy atom. The molecule has 142 valence electrons. The van der Waals surface area contributed by atoms with Gasteiger partial charge in [0.25, 0.3) is 0 Å². The van der Waals surface area contributed by atoms with Gasteiger partial charge < -0.3 is 14.8 Å². The summed E-state index contributed by atoms with van der Waals surface area (Å²) in [4.78, 5) is 0. The van der Waals surface area contributed by atoms with Gasteiger partial charge in [0.1, 0.15) is 12.4 Å². The van der Waals surface area contributed by atoms with Crippen molar-refractivity contribution in [2.45, 2.75) is 6.61 Å². The van der Waals surface area contributed by atoms with E-state index >= 15 is 0 Å². The predicted molar refractivity (Wildman–Crippen MR) is 110 cm³/mol. The van der Waals surface area contributed by atoms with Gasteiger partial charge >= 0.3 is 0 Å². The molecule has 2 aromatic carbocycles. The highest BCUT2D eigenvalue weighted by molar-refractivity contribution is 7.80. The van der Waals surface area contributed by atoms with Crippen molar-refractivity contribution in [2.24, 2.45) is 5.10 Å².